The van der Waals surface area contributed by atoms with E-state index in [-0.39, 0.29) is 17.6 Å². The standard InChI is InChI=1S/C24H27Cl2N3O3/c1-28-10-12-29(13-11-28)22(31)21(14-16-2-5-18(30)6-3-16)27-23(32)24(8-9-24)19-7-4-17(25)15-20(19)26/h2-7,15,21,30H,8-14H2,1H3,(H,27,32)/t21-/m0/s1. The summed E-state index contributed by atoms with van der Waals surface area (Å²) in [4.78, 5) is 30.8. The number of benzene rings is 2. The van der Waals surface area contributed by atoms with Crippen molar-refractivity contribution in [1.29, 1.82) is 0 Å². The van der Waals surface area contributed by atoms with Gasteiger partial charge in [0.15, 0.2) is 0 Å². The smallest absolute Gasteiger partial charge is 0.245 e. The van der Waals surface area contributed by atoms with Gasteiger partial charge in [-0.3, -0.25) is 9.59 Å². The highest BCUT2D eigenvalue weighted by molar-refractivity contribution is 6.35. The number of piperazine rings is 1. The maximum atomic E-state index is 13.4. The molecule has 0 radical (unpaired) electrons. The van der Waals surface area contributed by atoms with Crippen LogP contribution in [0.3, 0.4) is 0 Å². The number of hydrogen-bond acceptors (Lipinski definition) is 4. The van der Waals surface area contributed by atoms with E-state index in [9.17, 15) is 14.7 Å². The first-order valence-electron chi connectivity index (χ1n) is 10.8. The highest BCUT2D eigenvalue weighted by Crippen LogP contribution is 2.51. The third kappa shape index (κ3) is 4.87. The number of likely N-dealkylation sites (N-methyl/N-ethyl adjacent to an activating group) is 1. The summed E-state index contributed by atoms with van der Waals surface area (Å²) in [6.45, 7) is 2.86. The summed E-state index contributed by atoms with van der Waals surface area (Å²) in [6.07, 6.45) is 1.70. The number of hydrogen-bond donors (Lipinski definition) is 2. The van der Waals surface area contributed by atoms with E-state index < -0.39 is 11.5 Å². The third-order valence-corrected chi connectivity index (χ3v) is 6.97. The number of carbonyl (C=O) groups is 2. The fraction of sp³-hybridized carbons (Fsp3) is 0.417. The molecule has 4 rings (SSSR count). The van der Waals surface area contributed by atoms with Gasteiger partial charge in [0.05, 0.1) is 5.41 Å². The molecule has 1 atom stereocenters. The van der Waals surface area contributed by atoms with Gasteiger partial charge in [-0.25, -0.2) is 0 Å². The molecule has 0 spiro atoms. The van der Waals surface area contributed by atoms with Crippen LogP contribution in [-0.4, -0.2) is 66.0 Å². The molecular weight excluding hydrogens is 449 g/mol. The number of nitrogens with zero attached hydrogens (tertiary/aromatic N) is 2. The number of rotatable bonds is 6. The van der Waals surface area contributed by atoms with Crippen molar-refractivity contribution in [2.24, 2.45) is 0 Å². The van der Waals surface area contributed by atoms with E-state index in [1.165, 1.54) is 0 Å². The molecule has 8 heteroatoms. The maximum absolute atomic E-state index is 13.4. The molecule has 2 aliphatic rings. The zero-order chi connectivity index (χ0) is 22.9. The summed E-state index contributed by atoms with van der Waals surface area (Å²) in [5.41, 5.74) is 0.888. The minimum atomic E-state index is -0.725. The van der Waals surface area contributed by atoms with Gasteiger partial charge >= 0.3 is 0 Å². The van der Waals surface area contributed by atoms with E-state index in [1.54, 1.807) is 42.5 Å². The second-order valence-electron chi connectivity index (χ2n) is 8.73. The number of amides is 2. The number of phenols is 1. The van der Waals surface area contributed by atoms with E-state index in [0.717, 1.165) is 24.2 Å². The Bertz CT molecular complexity index is 1000. The van der Waals surface area contributed by atoms with Crippen LogP contribution >= 0.6 is 23.2 Å². The zero-order valence-electron chi connectivity index (χ0n) is 18.0. The molecule has 1 saturated heterocycles. The van der Waals surface area contributed by atoms with Gasteiger partial charge in [0.2, 0.25) is 11.8 Å². The van der Waals surface area contributed by atoms with Gasteiger partial charge in [-0.05, 0) is 55.3 Å². The molecule has 1 aliphatic carbocycles. The van der Waals surface area contributed by atoms with Gasteiger partial charge < -0.3 is 20.2 Å². The Kier molecular flexibility index (Phi) is 6.65. The molecule has 2 fully saturated rings. The number of carbonyl (C=O) groups excluding carboxylic acids is 2. The highest BCUT2D eigenvalue weighted by atomic mass is 35.5. The monoisotopic (exact) mass is 475 g/mol. The van der Waals surface area contributed by atoms with Gasteiger partial charge in [-0.15, -0.1) is 0 Å². The van der Waals surface area contributed by atoms with Crippen LogP contribution in [0.2, 0.25) is 10.0 Å². The lowest BCUT2D eigenvalue weighted by atomic mass is 9.93. The Morgan fingerprint density at radius 2 is 1.72 bits per heavy atom. The number of aromatic hydroxyl groups is 1. The van der Waals surface area contributed by atoms with Crippen LogP contribution in [0, 0.1) is 0 Å². The Morgan fingerprint density at radius 3 is 2.31 bits per heavy atom. The highest BCUT2D eigenvalue weighted by Gasteiger charge is 2.53. The van der Waals surface area contributed by atoms with Crippen LogP contribution in [0.25, 0.3) is 0 Å². The average molecular weight is 476 g/mol. The fourth-order valence-corrected chi connectivity index (χ4v) is 4.82. The number of halogens is 2. The van der Waals surface area contributed by atoms with Crippen molar-refractivity contribution in [2.75, 3.05) is 33.2 Å². The Labute approximate surface area is 198 Å². The maximum Gasteiger partial charge on any atom is 0.245 e. The van der Waals surface area contributed by atoms with Crippen LogP contribution in [0.1, 0.15) is 24.0 Å². The van der Waals surface area contributed by atoms with Gasteiger partial charge in [0.25, 0.3) is 0 Å². The molecule has 1 aliphatic heterocycles. The van der Waals surface area contributed by atoms with Crippen molar-refractivity contribution in [2.45, 2.75) is 30.7 Å². The Hall–Kier alpha value is -2.28. The second-order valence-corrected chi connectivity index (χ2v) is 9.58. The molecular formula is C24H27Cl2N3O3. The van der Waals surface area contributed by atoms with Gasteiger partial charge in [-0.1, -0.05) is 41.4 Å². The molecule has 6 nitrogen and oxygen atoms in total. The lowest BCUT2D eigenvalue weighted by Crippen LogP contribution is -2.56. The summed E-state index contributed by atoms with van der Waals surface area (Å²) >= 11 is 12.4. The van der Waals surface area contributed by atoms with Crippen LogP contribution in [0.4, 0.5) is 0 Å². The summed E-state index contributed by atoms with van der Waals surface area (Å²) in [6, 6.07) is 11.2. The van der Waals surface area contributed by atoms with Gasteiger partial charge in [0, 0.05) is 42.6 Å². The normalized spacial score (nSPS) is 18.8. The van der Waals surface area contributed by atoms with E-state index in [0.29, 0.717) is 42.4 Å². The Balaban J connectivity index is 1.55. The average Bonchev–Trinajstić information content (AvgIpc) is 3.56. The van der Waals surface area contributed by atoms with E-state index >= 15 is 0 Å². The van der Waals surface area contributed by atoms with E-state index in [4.69, 9.17) is 23.2 Å². The van der Waals surface area contributed by atoms with Gasteiger partial charge in [0.1, 0.15) is 11.8 Å². The van der Waals surface area contributed by atoms with Crippen LogP contribution < -0.4 is 5.32 Å². The second kappa shape index (κ2) is 9.30. The van der Waals surface area contributed by atoms with Crippen molar-refractivity contribution < 1.29 is 14.7 Å². The van der Waals surface area contributed by atoms with Crippen molar-refractivity contribution in [3.8, 4) is 5.75 Å². The minimum Gasteiger partial charge on any atom is -0.508 e. The van der Waals surface area contributed by atoms with Gasteiger partial charge in [-0.2, -0.15) is 0 Å². The molecule has 2 amide bonds. The predicted molar refractivity (Wildman–Crippen MR) is 125 cm³/mol. The quantitative estimate of drug-likeness (QED) is 0.672. The lowest BCUT2D eigenvalue weighted by molar-refractivity contribution is -0.138. The predicted octanol–water partition coefficient (Wildman–Crippen LogP) is 3.23. The molecule has 0 aromatic heterocycles. The zero-order valence-corrected chi connectivity index (χ0v) is 19.5. The summed E-state index contributed by atoms with van der Waals surface area (Å²) in [5, 5.41) is 13.6. The molecule has 0 unspecified atom stereocenters. The molecule has 2 aromatic rings. The van der Waals surface area contributed by atoms with Crippen LogP contribution in [0.5, 0.6) is 5.75 Å². The van der Waals surface area contributed by atoms with Crippen molar-refractivity contribution in [3.05, 3.63) is 63.6 Å². The fourth-order valence-electron chi connectivity index (χ4n) is 4.23. The topological polar surface area (TPSA) is 72.9 Å². The first-order chi connectivity index (χ1) is 15.3. The van der Waals surface area contributed by atoms with Crippen molar-refractivity contribution in [3.63, 3.8) is 0 Å². The molecule has 170 valence electrons. The molecule has 1 heterocycles. The van der Waals surface area contributed by atoms with Crippen LogP contribution in [-0.2, 0) is 21.4 Å². The SMILES string of the molecule is CN1CCN(C(=O)[C@H](Cc2ccc(O)cc2)NC(=O)C2(c3ccc(Cl)cc3Cl)CC2)CC1. The third-order valence-electron chi connectivity index (χ3n) is 6.43. The summed E-state index contributed by atoms with van der Waals surface area (Å²) in [5.74, 6) is -0.112. The minimum absolute atomic E-state index is 0.0856. The van der Waals surface area contributed by atoms with Crippen LogP contribution in [0.15, 0.2) is 42.5 Å². The first-order valence-corrected chi connectivity index (χ1v) is 11.6. The number of nitrogens with one attached hydrogen (secondary N) is 1. The largest absolute Gasteiger partial charge is 0.508 e. The molecule has 2 N–H and O–H groups in total. The summed E-state index contributed by atoms with van der Waals surface area (Å²) < 4.78 is 0. The molecule has 1 saturated carbocycles. The van der Waals surface area contributed by atoms with E-state index in [2.05, 4.69) is 10.2 Å². The molecule has 32 heavy (non-hydrogen) atoms. The molecule has 0 bridgehead atoms. The van der Waals surface area contributed by atoms with Crippen molar-refractivity contribution in [1.82, 2.24) is 15.1 Å². The summed E-state index contributed by atoms with van der Waals surface area (Å²) in [7, 11) is 2.03. The van der Waals surface area contributed by atoms with Crippen molar-refractivity contribution >= 4 is 35.0 Å². The first kappa shape index (κ1) is 22.9. The van der Waals surface area contributed by atoms with E-state index in [1.807, 2.05) is 11.9 Å². The molecule has 2 aromatic carbocycles. The number of phenolic OH excluding ortho intramolecular Hbond substituents is 1. The lowest BCUT2D eigenvalue weighted by Gasteiger charge is -2.35. The Morgan fingerprint density at radius 1 is 1.06 bits per heavy atom.